The number of hydrogen-bond donors (Lipinski definition) is 1. The molecular formula is C13H18N2. The van der Waals surface area contributed by atoms with Gasteiger partial charge >= 0.3 is 0 Å². The lowest BCUT2D eigenvalue weighted by molar-refractivity contribution is 0.106. The largest absolute Gasteiger partial charge is 0.292 e. The Kier molecular flexibility index (Phi) is 2.47. The summed E-state index contributed by atoms with van der Waals surface area (Å²) in [5.41, 5.74) is 0. The highest BCUT2D eigenvalue weighted by atomic mass is 15.3. The van der Waals surface area contributed by atoms with E-state index in [0.717, 1.165) is 12.5 Å². The fourth-order valence-electron chi connectivity index (χ4n) is 2.81. The van der Waals surface area contributed by atoms with Crippen LogP contribution in [-0.2, 0) is 0 Å². The highest BCUT2D eigenvalue weighted by Gasteiger charge is 2.32. The normalized spacial score (nSPS) is 39.6. The first-order valence-electron chi connectivity index (χ1n) is 5.93. The van der Waals surface area contributed by atoms with E-state index in [9.17, 15) is 0 Å². The molecule has 2 nitrogen and oxygen atoms in total. The zero-order chi connectivity index (χ0) is 10.1. The molecule has 3 atom stereocenters. The van der Waals surface area contributed by atoms with Crippen LogP contribution in [0, 0.1) is 5.92 Å². The Morgan fingerprint density at radius 3 is 3.13 bits per heavy atom. The van der Waals surface area contributed by atoms with Crippen molar-refractivity contribution in [2.75, 3.05) is 13.1 Å². The molecule has 0 saturated carbocycles. The minimum Gasteiger partial charge on any atom is -0.292 e. The second kappa shape index (κ2) is 3.95. The molecule has 0 aromatic carbocycles. The van der Waals surface area contributed by atoms with E-state index >= 15 is 0 Å². The molecule has 1 fully saturated rings. The maximum absolute atomic E-state index is 3.71. The maximum Gasteiger partial charge on any atom is 0.0800 e. The summed E-state index contributed by atoms with van der Waals surface area (Å²) in [6.07, 6.45) is 16.5. The van der Waals surface area contributed by atoms with E-state index in [4.69, 9.17) is 0 Å². The molecule has 3 rings (SSSR count). The SMILES string of the molecule is C1=CCN2CC3CCC=CC3NC2C=C1. The van der Waals surface area contributed by atoms with E-state index < -0.39 is 0 Å². The van der Waals surface area contributed by atoms with Crippen molar-refractivity contribution in [1.82, 2.24) is 10.2 Å². The van der Waals surface area contributed by atoms with Crippen LogP contribution in [0.1, 0.15) is 12.8 Å². The van der Waals surface area contributed by atoms with Gasteiger partial charge in [-0.25, -0.2) is 0 Å². The maximum atomic E-state index is 3.71. The van der Waals surface area contributed by atoms with Crippen LogP contribution in [-0.4, -0.2) is 30.2 Å². The van der Waals surface area contributed by atoms with Crippen LogP contribution in [0.5, 0.6) is 0 Å². The monoisotopic (exact) mass is 202 g/mol. The zero-order valence-electron chi connectivity index (χ0n) is 8.97. The molecule has 15 heavy (non-hydrogen) atoms. The molecule has 3 unspecified atom stereocenters. The molecule has 2 heterocycles. The second-order valence-electron chi connectivity index (χ2n) is 4.67. The molecule has 2 aliphatic heterocycles. The van der Waals surface area contributed by atoms with Gasteiger partial charge in [-0.2, -0.15) is 0 Å². The number of nitrogens with zero attached hydrogens (tertiary/aromatic N) is 1. The number of nitrogens with one attached hydrogen (secondary N) is 1. The van der Waals surface area contributed by atoms with Crippen LogP contribution in [0.25, 0.3) is 0 Å². The summed E-state index contributed by atoms with van der Waals surface area (Å²) in [7, 11) is 0. The van der Waals surface area contributed by atoms with Gasteiger partial charge in [0, 0.05) is 19.1 Å². The van der Waals surface area contributed by atoms with Crippen molar-refractivity contribution in [2.45, 2.75) is 25.0 Å². The molecule has 1 N–H and O–H groups in total. The lowest BCUT2D eigenvalue weighted by Gasteiger charge is -2.43. The highest BCUT2D eigenvalue weighted by molar-refractivity contribution is 5.15. The summed E-state index contributed by atoms with van der Waals surface area (Å²) >= 11 is 0. The molecule has 0 amide bonds. The standard InChI is InChI=1S/C13H18N2/c1-2-8-13-14-12-7-4-3-6-11(12)10-15(13)9-5-1/h1-2,4-5,7-8,11-14H,3,6,9-10H2. The Balaban J connectivity index is 1.79. The van der Waals surface area contributed by atoms with Gasteiger partial charge in [-0.1, -0.05) is 36.5 Å². The van der Waals surface area contributed by atoms with Gasteiger partial charge in [-0.3, -0.25) is 10.2 Å². The van der Waals surface area contributed by atoms with E-state index in [2.05, 4.69) is 46.7 Å². The van der Waals surface area contributed by atoms with E-state index in [1.807, 2.05) is 0 Å². The van der Waals surface area contributed by atoms with Crippen LogP contribution in [0.15, 0.2) is 36.5 Å². The highest BCUT2D eigenvalue weighted by Crippen LogP contribution is 2.26. The number of rotatable bonds is 0. The van der Waals surface area contributed by atoms with Gasteiger partial charge < -0.3 is 0 Å². The average molecular weight is 202 g/mol. The van der Waals surface area contributed by atoms with Crippen molar-refractivity contribution >= 4 is 0 Å². The summed E-state index contributed by atoms with van der Waals surface area (Å²) in [6.45, 7) is 2.32. The smallest absolute Gasteiger partial charge is 0.0800 e. The van der Waals surface area contributed by atoms with Gasteiger partial charge in [0.2, 0.25) is 0 Å². The van der Waals surface area contributed by atoms with Gasteiger partial charge in [-0.15, -0.1) is 0 Å². The Morgan fingerprint density at radius 1 is 1.13 bits per heavy atom. The van der Waals surface area contributed by atoms with Gasteiger partial charge in [0.05, 0.1) is 6.17 Å². The zero-order valence-corrected chi connectivity index (χ0v) is 8.97. The molecule has 2 heteroatoms. The first kappa shape index (κ1) is 9.37. The Hall–Kier alpha value is -0.860. The van der Waals surface area contributed by atoms with Crippen molar-refractivity contribution < 1.29 is 0 Å². The molecule has 0 aromatic rings. The molecule has 0 radical (unpaired) electrons. The van der Waals surface area contributed by atoms with Crippen LogP contribution in [0.3, 0.4) is 0 Å². The lowest BCUT2D eigenvalue weighted by Crippen LogP contribution is -2.59. The minimum absolute atomic E-state index is 0.434. The summed E-state index contributed by atoms with van der Waals surface area (Å²) < 4.78 is 0. The third-order valence-corrected chi connectivity index (χ3v) is 3.66. The Labute approximate surface area is 91.3 Å². The summed E-state index contributed by atoms with van der Waals surface area (Å²) in [5.74, 6) is 0.811. The van der Waals surface area contributed by atoms with E-state index in [1.54, 1.807) is 0 Å². The number of hydrogen-bond acceptors (Lipinski definition) is 2. The Morgan fingerprint density at radius 2 is 2.13 bits per heavy atom. The molecule has 0 spiro atoms. The summed E-state index contributed by atoms with van der Waals surface area (Å²) in [4.78, 5) is 2.53. The predicted octanol–water partition coefficient (Wildman–Crippen LogP) is 1.68. The third-order valence-electron chi connectivity index (χ3n) is 3.66. The molecule has 1 saturated heterocycles. The fraction of sp³-hybridized carbons (Fsp3) is 0.538. The molecular weight excluding hydrogens is 184 g/mol. The van der Waals surface area contributed by atoms with Crippen molar-refractivity contribution in [3.8, 4) is 0 Å². The van der Waals surface area contributed by atoms with Crippen LogP contribution >= 0.6 is 0 Å². The van der Waals surface area contributed by atoms with Crippen molar-refractivity contribution in [1.29, 1.82) is 0 Å². The third kappa shape index (κ3) is 1.80. The molecule has 0 bridgehead atoms. The molecule has 0 aromatic heterocycles. The first-order valence-corrected chi connectivity index (χ1v) is 5.93. The van der Waals surface area contributed by atoms with E-state index in [1.165, 1.54) is 19.4 Å². The topological polar surface area (TPSA) is 15.3 Å². The van der Waals surface area contributed by atoms with Crippen LogP contribution < -0.4 is 5.32 Å². The van der Waals surface area contributed by atoms with Gasteiger partial charge in [0.1, 0.15) is 0 Å². The second-order valence-corrected chi connectivity index (χ2v) is 4.67. The van der Waals surface area contributed by atoms with E-state index in [-0.39, 0.29) is 0 Å². The number of fused-ring (bicyclic) bond motifs is 2. The van der Waals surface area contributed by atoms with Gasteiger partial charge in [0.15, 0.2) is 0 Å². The quantitative estimate of drug-likeness (QED) is 0.601. The lowest BCUT2D eigenvalue weighted by atomic mass is 9.87. The van der Waals surface area contributed by atoms with Crippen LogP contribution in [0.4, 0.5) is 0 Å². The van der Waals surface area contributed by atoms with Crippen molar-refractivity contribution in [3.05, 3.63) is 36.5 Å². The van der Waals surface area contributed by atoms with Crippen molar-refractivity contribution in [3.63, 3.8) is 0 Å². The molecule has 80 valence electrons. The predicted molar refractivity (Wildman–Crippen MR) is 62.4 cm³/mol. The molecule has 3 aliphatic rings. The van der Waals surface area contributed by atoms with E-state index in [0.29, 0.717) is 12.2 Å². The average Bonchev–Trinajstić information content (AvgIpc) is 2.50. The molecule has 1 aliphatic carbocycles. The van der Waals surface area contributed by atoms with Gasteiger partial charge in [-0.05, 0) is 18.8 Å². The minimum atomic E-state index is 0.434. The van der Waals surface area contributed by atoms with Crippen LogP contribution in [0.2, 0.25) is 0 Å². The first-order chi connectivity index (χ1) is 7.43. The summed E-state index contributed by atoms with van der Waals surface area (Å²) in [6, 6.07) is 0.600. The fourth-order valence-corrected chi connectivity index (χ4v) is 2.81. The van der Waals surface area contributed by atoms with Gasteiger partial charge in [0.25, 0.3) is 0 Å². The Bertz CT molecular complexity index is 316. The van der Waals surface area contributed by atoms with Crippen molar-refractivity contribution in [2.24, 2.45) is 5.92 Å². The number of allylic oxidation sites excluding steroid dienone is 3. The summed E-state index contributed by atoms with van der Waals surface area (Å²) in [5, 5.41) is 3.71.